The van der Waals surface area contributed by atoms with Gasteiger partial charge in [0.25, 0.3) is 5.91 Å². The van der Waals surface area contributed by atoms with Gasteiger partial charge in [-0.05, 0) is 60.7 Å². The highest BCUT2D eigenvalue weighted by atomic mass is 19.1. The molecule has 6 heteroatoms. The number of hydrogen-bond donors (Lipinski definition) is 1. The van der Waals surface area contributed by atoms with Crippen LogP contribution in [-0.4, -0.2) is 43.5 Å². The molecule has 1 aliphatic heterocycles. The third-order valence-corrected chi connectivity index (χ3v) is 6.67. The van der Waals surface area contributed by atoms with Crippen LogP contribution in [0.4, 0.5) is 4.39 Å². The van der Waals surface area contributed by atoms with Crippen molar-refractivity contribution in [2.45, 2.75) is 25.7 Å². The first-order valence-corrected chi connectivity index (χ1v) is 12.0. The van der Waals surface area contributed by atoms with Crippen LogP contribution in [0.1, 0.15) is 39.4 Å². The minimum atomic E-state index is -0.357. The number of aryl methyl sites for hydroxylation is 1. The van der Waals surface area contributed by atoms with Crippen molar-refractivity contribution in [1.29, 1.82) is 0 Å². The number of rotatable bonds is 7. The van der Waals surface area contributed by atoms with Gasteiger partial charge in [0.1, 0.15) is 11.6 Å². The summed E-state index contributed by atoms with van der Waals surface area (Å²) in [6, 6.07) is 21.9. The molecule has 0 unspecified atom stereocenters. The summed E-state index contributed by atoms with van der Waals surface area (Å²) in [7, 11) is 1.63. The minimum Gasteiger partial charge on any atom is -0.496 e. The third-order valence-electron chi connectivity index (χ3n) is 6.67. The molecule has 5 nitrogen and oxygen atoms in total. The maximum Gasteiger partial charge on any atom is 0.253 e. The Bertz CT molecular complexity index is 1180. The van der Waals surface area contributed by atoms with E-state index in [4.69, 9.17) is 4.74 Å². The lowest BCUT2D eigenvalue weighted by atomic mass is 9.83. The summed E-state index contributed by atoms with van der Waals surface area (Å²) in [4.78, 5) is 28.2. The summed E-state index contributed by atoms with van der Waals surface area (Å²) >= 11 is 0. The predicted molar refractivity (Wildman–Crippen MR) is 134 cm³/mol. The largest absolute Gasteiger partial charge is 0.496 e. The number of nitrogens with zero attached hydrogens (tertiary/aromatic N) is 1. The maximum absolute atomic E-state index is 13.9. The number of carbonyl (C=O) groups is 2. The molecule has 2 amide bonds. The summed E-state index contributed by atoms with van der Waals surface area (Å²) < 4.78 is 19.3. The molecular formula is C29H31FN2O3. The molecule has 0 aromatic heterocycles. The van der Waals surface area contributed by atoms with Crippen molar-refractivity contribution in [3.05, 3.63) is 101 Å². The van der Waals surface area contributed by atoms with Crippen LogP contribution in [0, 0.1) is 18.7 Å². The van der Waals surface area contributed by atoms with Gasteiger partial charge >= 0.3 is 0 Å². The lowest BCUT2D eigenvalue weighted by molar-refractivity contribution is -0.126. The van der Waals surface area contributed by atoms with E-state index in [-0.39, 0.29) is 29.5 Å². The summed E-state index contributed by atoms with van der Waals surface area (Å²) in [6.07, 6.45) is 1.25. The van der Waals surface area contributed by atoms with Gasteiger partial charge in [0, 0.05) is 31.1 Å². The van der Waals surface area contributed by atoms with Crippen LogP contribution in [-0.2, 0) is 11.2 Å². The molecule has 2 atom stereocenters. The van der Waals surface area contributed by atoms with Crippen molar-refractivity contribution in [2.24, 2.45) is 5.92 Å². The SMILES string of the molecule is COc1ccccc1CCNC(=O)[C@@H]1C[C@@H](c2ccc(F)c(C)c2)CN(C(=O)c2ccccc2)C1. The molecule has 0 aliphatic carbocycles. The number of piperidine rings is 1. The van der Waals surface area contributed by atoms with Gasteiger partial charge in [-0.15, -0.1) is 0 Å². The zero-order valence-corrected chi connectivity index (χ0v) is 20.2. The number of amides is 2. The summed E-state index contributed by atoms with van der Waals surface area (Å²) in [5.74, 6) is -0.0430. The lowest BCUT2D eigenvalue weighted by Gasteiger charge is -2.37. The monoisotopic (exact) mass is 474 g/mol. The summed E-state index contributed by atoms with van der Waals surface area (Å²) in [5.41, 5.74) is 3.13. The molecule has 182 valence electrons. The molecule has 35 heavy (non-hydrogen) atoms. The zero-order chi connectivity index (χ0) is 24.8. The number of hydrogen-bond acceptors (Lipinski definition) is 3. The van der Waals surface area contributed by atoms with E-state index in [9.17, 15) is 14.0 Å². The van der Waals surface area contributed by atoms with Crippen molar-refractivity contribution < 1.29 is 18.7 Å². The van der Waals surface area contributed by atoms with E-state index in [2.05, 4.69) is 5.32 Å². The Morgan fingerprint density at radius 1 is 1.03 bits per heavy atom. The number of methoxy groups -OCH3 is 1. The number of halogens is 1. The van der Waals surface area contributed by atoms with E-state index in [0.29, 0.717) is 43.6 Å². The smallest absolute Gasteiger partial charge is 0.253 e. The average Bonchev–Trinajstić information content (AvgIpc) is 2.90. The van der Waals surface area contributed by atoms with Crippen molar-refractivity contribution in [3.63, 3.8) is 0 Å². The molecule has 0 saturated carbocycles. The highest BCUT2D eigenvalue weighted by molar-refractivity contribution is 5.94. The fraction of sp³-hybridized carbons (Fsp3) is 0.310. The standard InChI is InChI=1S/C29H31FN2O3/c1-20-16-23(12-13-26(20)30)24-17-25(19-32(18-24)29(34)22-9-4-3-5-10-22)28(33)31-15-14-21-8-6-7-11-27(21)35-2/h3-13,16,24-25H,14-15,17-19H2,1-2H3,(H,31,33)/t24-,25-/m1/s1. The molecule has 0 spiro atoms. The van der Waals surface area contributed by atoms with Crippen LogP contribution in [0.2, 0.25) is 0 Å². The molecule has 1 aliphatic rings. The van der Waals surface area contributed by atoms with Gasteiger partial charge in [0.15, 0.2) is 0 Å². The molecule has 1 fully saturated rings. The van der Waals surface area contributed by atoms with Crippen LogP contribution >= 0.6 is 0 Å². The van der Waals surface area contributed by atoms with E-state index in [0.717, 1.165) is 16.9 Å². The first kappa shape index (κ1) is 24.5. The Labute approximate surface area is 205 Å². The number of para-hydroxylation sites is 1. The van der Waals surface area contributed by atoms with E-state index >= 15 is 0 Å². The van der Waals surface area contributed by atoms with Gasteiger partial charge in [0.05, 0.1) is 13.0 Å². The number of carbonyl (C=O) groups excluding carboxylic acids is 2. The van der Waals surface area contributed by atoms with E-state index < -0.39 is 0 Å². The second kappa shape index (κ2) is 11.2. The first-order valence-electron chi connectivity index (χ1n) is 12.0. The number of benzene rings is 3. The molecule has 1 heterocycles. The van der Waals surface area contributed by atoms with E-state index in [1.165, 1.54) is 6.07 Å². The molecule has 1 saturated heterocycles. The Morgan fingerprint density at radius 2 is 1.77 bits per heavy atom. The Hall–Kier alpha value is -3.67. The highest BCUT2D eigenvalue weighted by Crippen LogP contribution is 2.32. The average molecular weight is 475 g/mol. The quantitative estimate of drug-likeness (QED) is 0.538. The van der Waals surface area contributed by atoms with Crippen LogP contribution in [0.25, 0.3) is 0 Å². The van der Waals surface area contributed by atoms with Gasteiger partial charge in [-0.1, -0.05) is 48.5 Å². The van der Waals surface area contributed by atoms with Crippen molar-refractivity contribution in [1.82, 2.24) is 10.2 Å². The number of likely N-dealkylation sites (tertiary alicyclic amines) is 1. The number of nitrogens with one attached hydrogen (secondary N) is 1. The normalized spacial score (nSPS) is 17.6. The van der Waals surface area contributed by atoms with Crippen molar-refractivity contribution in [3.8, 4) is 5.75 Å². The van der Waals surface area contributed by atoms with E-state index in [1.807, 2.05) is 48.5 Å². The fourth-order valence-corrected chi connectivity index (χ4v) is 4.76. The lowest BCUT2D eigenvalue weighted by Crippen LogP contribution is -2.48. The highest BCUT2D eigenvalue weighted by Gasteiger charge is 2.35. The van der Waals surface area contributed by atoms with Gasteiger partial charge < -0.3 is 15.0 Å². The van der Waals surface area contributed by atoms with Crippen LogP contribution in [0.5, 0.6) is 5.75 Å². The molecule has 0 radical (unpaired) electrons. The van der Waals surface area contributed by atoms with Crippen molar-refractivity contribution >= 4 is 11.8 Å². The topological polar surface area (TPSA) is 58.6 Å². The Kier molecular flexibility index (Phi) is 7.80. The fourth-order valence-electron chi connectivity index (χ4n) is 4.76. The van der Waals surface area contributed by atoms with Gasteiger partial charge in [0.2, 0.25) is 5.91 Å². The molecule has 3 aromatic rings. The predicted octanol–water partition coefficient (Wildman–Crippen LogP) is 4.75. The van der Waals surface area contributed by atoms with Gasteiger partial charge in [-0.3, -0.25) is 9.59 Å². The summed E-state index contributed by atoms with van der Waals surface area (Å²) in [5, 5.41) is 3.05. The number of ether oxygens (including phenoxy) is 1. The zero-order valence-electron chi connectivity index (χ0n) is 20.2. The third kappa shape index (κ3) is 5.88. The molecule has 4 rings (SSSR count). The van der Waals surface area contributed by atoms with Crippen LogP contribution in [0.15, 0.2) is 72.8 Å². The second-order valence-corrected chi connectivity index (χ2v) is 9.07. The van der Waals surface area contributed by atoms with Gasteiger partial charge in [-0.2, -0.15) is 0 Å². The molecule has 0 bridgehead atoms. The first-order chi connectivity index (χ1) is 17.0. The Morgan fingerprint density at radius 3 is 2.51 bits per heavy atom. The molecule has 3 aromatic carbocycles. The van der Waals surface area contributed by atoms with Crippen molar-refractivity contribution in [2.75, 3.05) is 26.7 Å². The molecule has 1 N–H and O–H groups in total. The minimum absolute atomic E-state index is 0.0549. The van der Waals surface area contributed by atoms with Crippen LogP contribution in [0.3, 0.4) is 0 Å². The molecular weight excluding hydrogens is 443 g/mol. The summed E-state index contributed by atoms with van der Waals surface area (Å²) in [6.45, 7) is 3.05. The second-order valence-electron chi connectivity index (χ2n) is 9.07. The maximum atomic E-state index is 13.9. The van der Waals surface area contributed by atoms with E-state index in [1.54, 1.807) is 37.1 Å². The Balaban J connectivity index is 1.49. The van der Waals surface area contributed by atoms with Crippen LogP contribution < -0.4 is 10.1 Å². The van der Waals surface area contributed by atoms with Gasteiger partial charge in [-0.25, -0.2) is 4.39 Å².